The van der Waals surface area contributed by atoms with Gasteiger partial charge in [-0.05, 0) is 35.9 Å². The van der Waals surface area contributed by atoms with Crippen molar-refractivity contribution in [3.63, 3.8) is 0 Å². The molecule has 6 nitrogen and oxygen atoms in total. The van der Waals surface area contributed by atoms with Crippen LogP contribution in [0.2, 0.25) is 10.0 Å². The van der Waals surface area contributed by atoms with Crippen LogP contribution in [0.5, 0.6) is 0 Å². The van der Waals surface area contributed by atoms with Crippen LogP contribution in [0.25, 0.3) is 6.08 Å². The molecule has 2 aromatic carbocycles. The fraction of sp³-hybridized carbons (Fsp3) is 0.211. The van der Waals surface area contributed by atoms with Gasteiger partial charge in [0.1, 0.15) is 0 Å². The average Bonchev–Trinajstić information content (AvgIpc) is 2.69. The van der Waals surface area contributed by atoms with Gasteiger partial charge < -0.3 is 10.2 Å². The third kappa shape index (κ3) is 5.26. The van der Waals surface area contributed by atoms with Crippen LogP contribution in [0.4, 0.5) is 5.69 Å². The molecule has 1 saturated heterocycles. The SMILES string of the molecule is O=C(C=Cc1ccc(Sc2ccc(Cl)cc2Cl)c([N+](=O)[O-])c1)N1CCNCC1. The molecule has 1 fully saturated rings. The highest BCUT2D eigenvalue weighted by Crippen LogP contribution is 2.39. The van der Waals surface area contributed by atoms with Crippen molar-refractivity contribution in [2.24, 2.45) is 0 Å². The number of amides is 1. The molecule has 3 rings (SSSR count). The maximum absolute atomic E-state index is 12.2. The summed E-state index contributed by atoms with van der Waals surface area (Å²) in [6.45, 7) is 2.84. The van der Waals surface area contributed by atoms with Crippen molar-refractivity contribution in [1.82, 2.24) is 10.2 Å². The van der Waals surface area contributed by atoms with Gasteiger partial charge in [-0.3, -0.25) is 14.9 Å². The first-order chi connectivity index (χ1) is 13.4. The van der Waals surface area contributed by atoms with Gasteiger partial charge in [-0.1, -0.05) is 41.0 Å². The van der Waals surface area contributed by atoms with Gasteiger partial charge in [0.05, 0.1) is 14.8 Å². The Kier molecular flexibility index (Phi) is 6.96. The van der Waals surface area contributed by atoms with Gasteiger partial charge >= 0.3 is 0 Å². The summed E-state index contributed by atoms with van der Waals surface area (Å²) < 4.78 is 0. The van der Waals surface area contributed by atoms with Gasteiger partial charge in [0.2, 0.25) is 5.91 Å². The predicted molar refractivity (Wildman–Crippen MR) is 112 cm³/mol. The summed E-state index contributed by atoms with van der Waals surface area (Å²) in [6.07, 6.45) is 3.05. The van der Waals surface area contributed by atoms with Crippen molar-refractivity contribution < 1.29 is 9.72 Å². The Bertz CT molecular complexity index is 931. The Balaban J connectivity index is 1.79. The van der Waals surface area contributed by atoms with Crippen LogP contribution in [0.15, 0.2) is 52.3 Å². The van der Waals surface area contributed by atoms with Crippen molar-refractivity contribution in [1.29, 1.82) is 0 Å². The van der Waals surface area contributed by atoms with E-state index in [0.29, 0.717) is 38.5 Å². The van der Waals surface area contributed by atoms with Gasteiger partial charge in [0.15, 0.2) is 0 Å². The molecule has 1 amide bonds. The number of carbonyl (C=O) groups is 1. The molecule has 0 aliphatic carbocycles. The monoisotopic (exact) mass is 437 g/mol. The molecule has 0 aromatic heterocycles. The van der Waals surface area contributed by atoms with Gasteiger partial charge in [0, 0.05) is 48.2 Å². The molecule has 0 atom stereocenters. The molecule has 1 aliphatic rings. The maximum atomic E-state index is 12.2. The van der Waals surface area contributed by atoms with E-state index in [9.17, 15) is 14.9 Å². The summed E-state index contributed by atoms with van der Waals surface area (Å²) in [4.78, 5) is 26.2. The summed E-state index contributed by atoms with van der Waals surface area (Å²) >= 11 is 13.3. The number of nitro benzene ring substituents is 1. The number of rotatable bonds is 5. The van der Waals surface area contributed by atoms with Crippen molar-refractivity contribution >= 4 is 52.6 Å². The summed E-state index contributed by atoms with van der Waals surface area (Å²) in [5.74, 6) is -0.101. The zero-order valence-electron chi connectivity index (χ0n) is 14.7. The lowest BCUT2D eigenvalue weighted by Gasteiger charge is -2.26. The van der Waals surface area contributed by atoms with E-state index >= 15 is 0 Å². The number of hydrogen-bond donors (Lipinski definition) is 1. The lowest BCUT2D eigenvalue weighted by Crippen LogP contribution is -2.45. The van der Waals surface area contributed by atoms with E-state index in [-0.39, 0.29) is 11.6 Å². The smallest absolute Gasteiger partial charge is 0.283 e. The largest absolute Gasteiger partial charge is 0.337 e. The van der Waals surface area contributed by atoms with Crippen molar-refractivity contribution in [2.75, 3.05) is 26.2 Å². The molecule has 0 bridgehead atoms. The number of piperazine rings is 1. The third-order valence-corrected chi connectivity index (χ3v) is 5.94. The van der Waals surface area contributed by atoms with Gasteiger partial charge in [-0.15, -0.1) is 0 Å². The van der Waals surface area contributed by atoms with E-state index in [1.54, 1.807) is 41.3 Å². The second-order valence-electron chi connectivity index (χ2n) is 6.07. The molecule has 0 spiro atoms. The highest BCUT2D eigenvalue weighted by molar-refractivity contribution is 7.99. The van der Waals surface area contributed by atoms with Crippen molar-refractivity contribution in [3.05, 3.63) is 68.2 Å². The molecule has 9 heteroatoms. The number of carbonyl (C=O) groups excluding carboxylic acids is 1. The Morgan fingerprint density at radius 1 is 1.14 bits per heavy atom. The molecule has 1 heterocycles. The second kappa shape index (κ2) is 9.43. The van der Waals surface area contributed by atoms with Crippen LogP contribution in [0.3, 0.4) is 0 Å². The minimum Gasteiger partial charge on any atom is -0.337 e. The Morgan fingerprint density at radius 3 is 2.54 bits per heavy atom. The fourth-order valence-corrected chi connectivity index (χ4v) is 4.13. The molecular formula is C19H17Cl2N3O3S. The fourth-order valence-electron chi connectivity index (χ4n) is 2.70. The van der Waals surface area contributed by atoms with E-state index in [2.05, 4.69) is 5.32 Å². The molecular weight excluding hydrogens is 421 g/mol. The third-order valence-electron chi connectivity index (χ3n) is 4.14. The zero-order chi connectivity index (χ0) is 20.1. The van der Waals surface area contributed by atoms with Gasteiger partial charge in [-0.2, -0.15) is 0 Å². The number of nitro groups is 1. The molecule has 2 aromatic rings. The van der Waals surface area contributed by atoms with E-state index in [4.69, 9.17) is 23.2 Å². The van der Waals surface area contributed by atoms with Gasteiger partial charge in [-0.25, -0.2) is 0 Å². The van der Waals surface area contributed by atoms with Crippen LogP contribution in [0, 0.1) is 10.1 Å². The van der Waals surface area contributed by atoms with Crippen LogP contribution < -0.4 is 5.32 Å². The van der Waals surface area contributed by atoms with Gasteiger partial charge in [0.25, 0.3) is 5.69 Å². The maximum Gasteiger partial charge on any atom is 0.283 e. The number of nitrogens with zero attached hydrogens (tertiary/aromatic N) is 2. The van der Waals surface area contributed by atoms with E-state index in [0.717, 1.165) is 13.1 Å². The average molecular weight is 438 g/mol. The first-order valence-electron chi connectivity index (χ1n) is 8.53. The number of hydrogen-bond acceptors (Lipinski definition) is 5. The van der Waals surface area contributed by atoms with E-state index in [1.807, 2.05) is 0 Å². The summed E-state index contributed by atoms with van der Waals surface area (Å²) in [5.41, 5.74) is 0.537. The molecule has 0 radical (unpaired) electrons. The summed E-state index contributed by atoms with van der Waals surface area (Å²) in [7, 11) is 0. The lowest BCUT2D eigenvalue weighted by molar-refractivity contribution is -0.387. The summed E-state index contributed by atoms with van der Waals surface area (Å²) in [6, 6.07) is 9.84. The van der Waals surface area contributed by atoms with E-state index in [1.165, 1.54) is 23.9 Å². The van der Waals surface area contributed by atoms with Crippen LogP contribution >= 0.6 is 35.0 Å². The second-order valence-corrected chi connectivity index (χ2v) is 8.00. The highest BCUT2D eigenvalue weighted by Gasteiger charge is 2.17. The van der Waals surface area contributed by atoms with Crippen LogP contribution in [-0.2, 0) is 4.79 Å². The molecule has 1 N–H and O–H groups in total. The number of benzene rings is 2. The highest BCUT2D eigenvalue weighted by atomic mass is 35.5. The summed E-state index contributed by atoms with van der Waals surface area (Å²) in [5, 5.41) is 15.6. The minimum absolute atomic E-state index is 0.0483. The standard InChI is InChI=1S/C19H17Cl2N3O3S/c20-14-3-5-17(15(21)12-14)28-18-4-1-13(11-16(18)24(26)27)2-6-19(25)23-9-7-22-8-10-23/h1-6,11-12,22H,7-10H2. The molecule has 1 aliphatic heterocycles. The lowest BCUT2D eigenvalue weighted by atomic mass is 10.2. The van der Waals surface area contributed by atoms with Crippen LogP contribution in [0.1, 0.15) is 5.56 Å². The first kappa shape index (κ1) is 20.7. The Morgan fingerprint density at radius 2 is 1.86 bits per heavy atom. The Hall–Kier alpha value is -2.06. The first-order valence-corrected chi connectivity index (χ1v) is 10.1. The minimum atomic E-state index is -0.443. The molecule has 0 saturated carbocycles. The topological polar surface area (TPSA) is 75.5 Å². The number of nitrogens with one attached hydrogen (secondary N) is 1. The van der Waals surface area contributed by atoms with Crippen molar-refractivity contribution in [2.45, 2.75) is 9.79 Å². The van der Waals surface area contributed by atoms with E-state index < -0.39 is 4.92 Å². The number of halogens is 2. The van der Waals surface area contributed by atoms with Crippen molar-refractivity contribution in [3.8, 4) is 0 Å². The predicted octanol–water partition coefficient (Wildman–Crippen LogP) is 4.50. The normalized spacial score (nSPS) is 14.4. The molecule has 146 valence electrons. The van der Waals surface area contributed by atoms with Crippen LogP contribution in [-0.4, -0.2) is 41.9 Å². The molecule has 28 heavy (non-hydrogen) atoms. The quantitative estimate of drug-likeness (QED) is 0.423. The zero-order valence-corrected chi connectivity index (χ0v) is 17.1. The Labute approximate surface area is 176 Å². The molecule has 0 unspecified atom stereocenters.